The molecule has 1 atom stereocenters. The van der Waals surface area contributed by atoms with Gasteiger partial charge < -0.3 is 10.2 Å². The molecule has 3 rings (SSSR count). The number of rotatable bonds is 5. The SMILES string of the molecule is CNC(C(=O)N1CCN(Cc2cccc(C)c2)CC1)c1cnn(C)c1. The number of carbonyl (C=O) groups is 1. The molecule has 1 aromatic heterocycles. The summed E-state index contributed by atoms with van der Waals surface area (Å²) >= 11 is 0. The number of nitrogens with zero attached hydrogens (tertiary/aromatic N) is 4. The predicted molar refractivity (Wildman–Crippen MR) is 98.0 cm³/mol. The summed E-state index contributed by atoms with van der Waals surface area (Å²) in [5.41, 5.74) is 3.54. The van der Waals surface area contributed by atoms with Gasteiger partial charge in [0.2, 0.25) is 5.91 Å². The van der Waals surface area contributed by atoms with Gasteiger partial charge in [-0.05, 0) is 19.5 Å². The van der Waals surface area contributed by atoms with Crippen molar-refractivity contribution in [2.24, 2.45) is 7.05 Å². The summed E-state index contributed by atoms with van der Waals surface area (Å²) in [7, 11) is 3.69. The van der Waals surface area contributed by atoms with E-state index in [1.54, 1.807) is 10.9 Å². The van der Waals surface area contributed by atoms with Gasteiger partial charge in [-0.2, -0.15) is 5.10 Å². The molecule has 1 unspecified atom stereocenters. The molecule has 1 saturated heterocycles. The highest BCUT2D eigenvalue weighted by atomic mass is 16.2. The van der Waals surface area contributed by atoms with E-state index in [1.807, 2.05) is 25.2 Å². The Morgan fingerprint density at radius 3 is 2.64 bits per heavy atom. The van der Waals surface area contributed by atoms with Gasteiger partial charge in [-0.15, -0.1) is 0 Å². The van der Waals surface area contributed by atoms with Crippen molar-refractivity contribution < 1.29 is 4.79 Å². The minimum Gasteiger partial charge on any atom is -0.338 e. The maximum Gasteiger partial charge on any atom is 0.244 e. The second-order valence-corrected chi connectivity index (χ2v) is 6.76. The van der Waals surface area contributed by atoms with Crippen molar-refractivity contribution >= 4 is 5.91 Å². The van der Waals surface area contributed by atoms with Crippen LogP contribution in [0.15, 0.2) is 36.7 Å². The molecule has 0 bridgehead atoms. The Morgan fingerprint density at radius 1 is 1.28 bits per heavy atom. The molecule has 0 radical (unpaired) electrons. The van der Waals surface area contributed by atoms with Crippen molar-refractivity contribution in [3.63, 3.8) is 0 Å². The van der Waals surface area contributed by atoms with Gasteiger partial charge >= 0.3 is 0 Å². The molecule has 1 aliphatic heterocycles. The van der Waals surface area contributed by atoms with Crippen LogP contribution in [-0.2, 0) is 18.4 Å². The summed E-state index contributed by atoms with van der Waals surface area (Å²) in [6.07, 6.45) is 3.65. The molecular weight excluding hydrogens is 314 g/mol. The van der Waals surface area contributed by atoms with Crippen LogP contribution >= 0.6 is 0 Å². The Bertz CT molecular complexity index is 718. The van der Waals surface area contributed by atoms with E-state index >= 15 is 0 Å². The molecule has 134 valence electrons. The van der Waals surface area contributed by atoms with Gasteiger partial charge in [0.05, 0.1) is 6.20 Å². The average Bonchev–Trinajstić information content (AvgIpc) is 3.02. The second kappa shape index (κ2) is 7.80. The van der Waals surface area contributed by atoms with Gasteiger partial charge in [0.25, 0.3) is 0 Å². The standard InChI is InChI=1S/C19H27N5O/c1-15-5-4-6-16(11-15)13-23-7-9-24(10-8-23)19(25)18(20-2)17-12-21-22(3)14-17/h4-6,11-12,14,18,20H,7-10,13H2,1-3H3. The van der Waals surface area contributed by atoms with Crippen LogP contribution in [0.4, 0.5) is 0 Å². The number of benzene rings is 1. The zero-order valence-corrected chi connectivity index (χ0v) is 15.3. The zero-order valence-electron chi connectivity index (χ0n) is 15.3. The largest absolute Gasteiger partial charge is 0.338 e. The van der Waals surface area contributed by atoms with E-state index < -0.39 is 0 Å². The smallest absolute Gasteiger partial charge is 0.244 e. The first-order valence-corrected chi connectivity index (χ1v) is 8.79. The molecule has 1 fully saturated rings. The minimum absolute atomic E-state index is 0.130. The molecule has 1 N–H and O–H groups in total. The third kappa shape index (κ3) is 4.27. The number of likely N-dealkylation sites (N-methyl/N-ethyl adjacent to an activating group) is 1. The first-order valence-electron chi connectivity index (χ1n) is 8.79. The van der Waals surface area contributed by atoms with Gasteiger partial charge in [-0.25, -0.2) is 0 Å². The summed E-state index contributed by atoms with van der Waals surface area (Å²) < 4.78 is 1.73. The van der Waals surface area contributed by atoms with Crippen LogP contribution in [0.2, 0.25) is 0 Å². The molecule has 6 heteroatoms. The third-order valence-electron chi connectivity index (χ3n) is 4.77. The molecule has 0 spiro atoms. The minimum atomic E-state index is -0.322. The molecule has 0 aliphatic carbocycles. The molecule has 0 saturated carbocycles. The number of aryl methyl sites for hydroxylation is 2. The molecule has 1 aliphatic rings. The Morgan fingerprint density at radius 2 is 2.04 bits per heavy atom. The molecule has 1 amide bonds. The molecule has 2 aromatic rings. The lowest BCUT2D eigenvalue weighted by molar-refractivity contribution is -0.135. The first kappa shape index (κ1) is 17.6. The van der Waals surface area contributed by atoms with Gasteiger partial charge in [0.1, 0.15) is 6.04 Å². The van der Waals surface area contributed by atoms with Crippen LogP contribution in [-0.4, -0.2) is 58.7 Å². The van der Waals surface area contributed by atoms with Crippen molar-refractivity contribution in [3.05, 3.63) is 53.3 Å². The van der Waals surface area contributed by atoms with E-state index in [9.17, 15) is 4.79 Å². The molecular formula is C19H27N5O. The molecule has 2 heterocycles. The lowest BCUT2D eigenvalue weighted by Gasteiger charge is -2.36. The normalized spacial score (nSPS) is 16.8. The van der Waals surface area contributed by atoms with Gasteiger partial charge in [-0.1, -0.05) is 29.8 Å². The molecule has 1 aromatic carbocycles. The molecule has 6 nitrogen and oxygen atoms in total. The summed E-state index contributed by atoms with van der Waals surface area (Å²) in [4.78, 5) is 17.2. The Kier molecular flexibility index (Phi) is 5.50. The number of aromatic nitrogens is 2. The van der Waals surface area contributed by atoms with E-state index in [0.29, 0.717) is 0 Å². The van der Waals surface area contributed by atoms with Gasteiger partial charge in [0.15, 0.2) is 0 Å². The Hall–Kier alpha value is -2.18. The van der Waals surface area contributed by atoms with Crippen molar-refractivity contribution in [2.45, 2.75) is 19.5 Å². The Balaban J connectivity index is 1.56. The Labute approximate surface area is 149 Å². The highest BCUT2D eigenvalue weighted by Gasteiger charge is 2.28. The first-order chi connectivity index (χ1) is 12.1. The summed E-state index contributed by atoms with van der Waals surface area (Å²) in [6, 6.07) is 8.31. The van der Waals surface area contributed by atoms with Crippen LogP contribution in [0.1, 0.15) is 22.7 Å². The summed E-state index contributed by atoms with van der Waals surface area (Å²) in [6.45, 7) is 6.41. The van der Waals surface area contributed by atoms with Crippen LogP contribution < -0.4 is 5.32 Å². The number of piperazine rings is 1. The van der Waals surface area contributed by atoms with Crippen LogP contribution in [0.5, 0.6) is 0 Å². The number of carbonyl (C=O) groups excluding carboxylic acids is 1. The lowest BCUT2D eigenvalue weighted by atomic mass is 10.1. The van der Waals surface area contributed by atoms with Crippen molar-refractivity contribution in [2.75, 3.05) is 33.2 Å². The van der Waals surface area contributed by atoms with E-state index in [0.717, 1.165) is 38.3 Å². The van der Waals surface area contributed by atoms with E-state index in [1.165, 1.54) is 11.1 Å². The van der Waals surface area contributed by atoms with E-state index in [-0.39, 0.29) is 11.9 Å². The maximum atomic E-state index is 12.9. The summed E-state index contributed by atoms with van der Waals surface area (Å²) in [5.74, 6) is 0.130. The fourth-order valence-electron chi connectivity index (χ4n) is 3.40. The van der Waals surface area contributed by atoms with Gasteiger partial charge in [0, 0.05) is 51.5 Å². The number of nitrogens with one attached hydrogen (secondary N) is 1. The quantitative estimate of drug-likeness (QED) is 0.892. The average molecular weight is 341 g/mol. The topological polar surface area (TPSA) is 53.4 Å². The maximum absolute atomic E-state index is 12.9. The predicted octanol–water partition coefficient (Wildman–Crippen LogP) is 1.33. The fourth-order valence-corrected chi connectivity index (χ4v) is 3.40. The van der Waals surface area contributed by atoms with E-state index in [2.05, 4.69) is 46.5 Å². The van der Waals surface area contributed by atoms with Crippen LogP contribution in [0.3, 0.4) is 0 Å². The monoisotopic (exact) mass is 341 g/mol. The van der Waals surface area contributed by atoms with Crippen molar-refractivity contribution in [3.8, 4) is 0 Å². The van der Waals surface area contributed by atoms with Crippen molar-refractivity contribution in [1.29, 1.82) is 0 Å². The number of hydrogen-bond donors (Lipinski definition) is 1. The third-order valence-corrected chi connectivity index (χ3v) is 4.77. The highest BCUT2D eigenvalue weighted by Crippen LogP contribution is 2.17. The van der Waals surface area contributed by atoms with Crippen LogP contribution in [0.25, 0.3) is 0 Å². The number of hydrogen-bond acceptors (Lipinski definition) is 4. The second-order valence-electron chi connectivity index (χ2n) is 6.76. The van der Waals surface area contributed by atoms with Crippen molar-refractivity contribution in [1.82, 2.24) is 24.9 Å². The fraction of sp³-hybridized carbons (Fsp3) is 0.474. The lowest BCUT2D eigenvalue weighted by Crippen LogP contribution is -2.51. The number of amides is 1. The highest BCUT2D eigenvalue weighted by molar-refractivity contribution is 5.83. The molecule has 25 heavy (non-hydrogen) atoms. The van der Waals surface area contributed by atoms with Gasteiger partial charge in [-0.3, -0.25) is 14.4 Å². The van der Waals surface area contributed by atoms with Crippen LogP contribution in [0, 0.1) is 6.92 Å². The zero-order chi connectivity index (χ0) is 17.8. The summed E-state index contributed by atoms with van der Waals surface area (Å²) in [5, 5.41) is 7.30. The van der Waals surface area contributed by atoms with E-state index in [4.69, 9.17) is 0 Å².